The van der Waals surface area contributed by atoms with Gasteiger partial charge in [-0.05, 0) is 37.7 Å². The fourth-order valence-corrected chi connectivity index (χ4v) is 4.45. The van der Waals surface area contributed by atoms with Gasteiger partial charge in [0.1, 0.15) is 17.2 Å². The van der Waals surface area contributed by atoms with E-state index in [0.717, 1.165) is 43.8 Å². The maximum atomic E-state index is 13.6. The van der Waals surface area contributed by atoms with Gasteiger partial charge in [0.15, 0.2) is 0 Å². The number of ether oxygens (including phenoxy) is 1. The highest BCUT2D eigenvalue weighted by Gasteiger charge is 2.51. The van der Waals surface area contributed by atoms with Gasteiger partial charge in [0, 0.05) is 43.5 Å². The number of nitrogens with zero attached hydrogens (tertiary/aromatic N) is 1. The number of hydrogen-bond donors (Lipinski definition) is 1. The molecule has 3 aliphatic heterocycles. The number of nitrogens with one attached hydrogen (secondary N) is 1. The van der Waals surface area contributed by atoms with E-state index in [1.165, 1.54) is 19.0 Å². The molecule has 4 unspecified atom stereocenters. The molecule has 3 aliphatic rings. The second-order valence-corrected chi connectivity index (χ2v) is 6.70. The summed E-state index contributed by atoms with van der Waals surface area (Å²) in [5.74, 6) is 1.33. The SMILES string of the molecule is CCNC1CC2(CCN3CCC2C3)Oc2ccc(F)cc21. The molecule has 0 aliphatic carbocycles. The van der Waals surface area contributed by atoms with E-state index >= 15 is 0 Å². The highest BCUT2D eigenvalue weighted by atomic mass is 19.1. The van der Waals surface area contributed by atoms with Gasteiger partial charge in [0.2, 0.25) is 0 Å². The average molecular weight is 290 g/mol. The minimum atomic E-state index is -0.174. The Morgan fingerprint density at radius 1 is 1.43 bits per heavy atom. The number of halogens is 1. The van der Waals surface area contributed by atoms with Crippen LogP contribution in [0.3, 0.4) is 0 Å². The van der Waals surface area contributed by atoms with Gasteiger partial charge < -0.3 is 15.0 Å². The number of benzene rings is 1. The summed E-state index contributed by atoms with van der Waals surface area (Å²) in [6.45, 7) is 6.51. The van der Waals surface area contributed by atoms with Crippen molar-refractivity contribution < 1.29 is 9.13 Å². The van der Waals surface area contributed by atoms with Gasteiger partial charge in [-0.1, -0.05) is 6.92 Å². The van der Waals surface area contributed by atoms with Crippen molar-refractivity contribution in [3.63, 3.8) is 0 Å². The quantitative estimate of drug-likeness (QED) is 0.906. The molecule has 3 heterocycles. The van der Waals surface area contributed by atoms with Crippen molar-refractivity contribution >= 4 is 0 Å². The van der Waals surface area contributed by atoms with E-state index in [9.17, 15) is 4.39 Å². The summed E-state index contributed by atoms with van der Waals surface area (Å²) in [6.07, 6.45) is 3.29. The first-order valence-corrected chi connectivity index (χ1v) is 8.14. The molecule has 1 aromatic rings. The second kappa shape index (κ2) is 4.96. The number of piperidine rings is 1. The van der Waals surface area contributed by atoms with Crippen LogP contribution in [-0.4, -0.2) is 36.7 Å². The maximum Gasteiger partial charge on any atom is 0.125 e. The smallest absolute Gasteiger partial charge is 0.125 e. The normalized spacial score (nSPS) is 37.3. The minimum Gasteiger partial charge on any atom is -0.486 e. The zero-order chi connectivity index (χ0) is 14.4. The van der Waals surface area contributed by atoms with E-state index in [1.807, 2.05) is 6.07 Å². The van der Waals surface area contributed by atoms with E-state index in [1.54, 1.807) is 6.07 Å². The summed E-state index contributed by atoms with van der Waals surface area (Å²) in [7, 11) is 0. The van der Waals surface area contributed by atoms with Crippen molar-refractivity contribution in [2.24, 2.45) is 5.92 Å². The van der Waals surface area contributed by atoms with Gasteiger partial charge in [-0.15, -0.1) is 0 Å². The lowest BCUT2D eigenvalue weighted by molar-refractivity contribution is -0.0474. The molecule has 0 amide bonds. The van der Waals surface area contributed by atoms with Crippen LogP contribution in [0, 0.1) is 11.7 Å². The molecule has 21 heavy (non-hydrogen) atoms. The van der Waals surface area contributed by atoms with Gasteiger partial charge in [0.25, 0.3) is 0 Å². The third-order valence-corrected chi connectivity index (χ3v) is 5.53. The molecule has 114 valence electrons. The Hall–Kier alpha value is -1.13. The molecule has 2 saturated heterocycles. The van der Waals surface area contributed by atoms with Crippen LogP contribution >= 0.6 is 0 Å². The summed E-state index contributed by atoms with van der Waals surface area (Å²) in [5, 5.41) is 3.54. The molecule has 4 rings (SSSR count). The monoisotopic (exact) mass is 290 g/mol. The Bertz CT molecular complexity index is 550. The second-order valence-electron chi connectivity index (χ2n) is 6.70. The lowest BCUT2D eigenvalue weighted by Gasteiger charge is -2.48. The number of rotatable bonds is 2. The standard InChI is InChI=1S/C17H23FN2O/c1-2-19-15-10-17(6-8-20-7-5-12(17)11-20)21-16-4-3-13(18)9-14(15)16/h3-4,9,12,15,19H,2,5-8,10-11H2,1H3. The van der Waals surface area contributed by atoms with Gasteiger partial charge >= 0.3 is 0 Å². The summed E-state index contributed by atoms with van der Waals surface area (Å²) < 4.78 is 20.1. The van der Waals surface area contributed by atoms with Crippen LogP contribution in [0.25, 0.3) is 0 Å². The van der Waals surface area contributed by atoms with Crippen molar-refractivity contribution in [3.05, 3.63) is 29.6 Å². The van der Waals surface area contributed by atoms with E-state index in [2.05, 4.69) is 17.1 Å². The zero-order valence-electron chi connectivity index (χ0n) is 12.6. The van der Waals surface area contributed by atoms with Gasteiger partial charge in [-0.25, -0.2) is 4.39 Å². The fraction of sp³-hybridized carbons (Fsp3) is 0.647. The highest BCUT2D eigenvalue weighted by molar-refractivity contribution is 5.40. The lowest BCUT2D eigenvalue weighted by Crippen LogP contribution is -2.54. The summed E-state index contributed by atoms with van der Waals surface area (Å²) in [5.41, 5.74) is 0.938. The summed E-state index contributed by atoms with van der Waals surface area (Å²) >= 11 is 0. The molecular formula is C17H23FN2O. The van der Waals surface area contributed by atoms with Crippen LogP contribution in [0.5, 0.6) is 5.75 Å². The predicted octanol–water partition coefficient (Wildman–Crippen LogP) is 2.72. The Morgan fingerprint density at radius 3 is 3.19 bits per heavy atom. The molecule has 1 N–H and O–H groups in total. The molecular weight excluding hydrogens is 267 g/mol. The zero-order valence-corrected chi connectivity index (χ0v) is 12.6. The first-order chi connectivity index (χ1) is 10.2. The first-order valence-electron chi connectivity index (χ1n) is 8.14. The number of fused-ring (bicyclic) bond motifs is 4. The van der Waals surface area contributed by atoms with E-state index < -0.39 is 0 Å². The van der Waals surface area contributed by atoms with Crippen LogP contribution in [0.1, 0.15) is 37.8 Å². The van der Waals surface area contributed by atoms with E-state index in [0.29, 0.717) is 5.92 Å². The summed E-state index contributed by atoms with van der Waals surface area (Å²) in [6, 6.07) is 5.18. The molecule has 2 bridgehead atoms. The van der Waals surface area contributed by atoms with E-state index in [4.69, 9.17) is 4.74 Å². The van der Waals surface area contributed by atoms with Crippen molar-refractivity contribution in [2.75, 3.05) is 26.2 Å². The lowest BCUT2D eigenvalue weighted by atomic mass is 9.74. The van der Waals surface area contributed by atoms with Gasteiger partial charge in [-0.2, -0.15) is 0 Å². The molecule has 3 nitrogen and oxygen atoms in total. The Balaban J connectivity index is 1.71. The number of hydrogen-bond acceptors (Lipinski definition) is 3. The van der Waals surface area contributed by atoms with Crippen LogP contribution in [0.2, 0.25) is 0 Å². The summed E-state index contributed by atoms with van der Waals surface area (Å²) in [4.78, 5) is 2.54. The third kappa shape index (κ3) is 2.16. The molecule has 0 aromatic heterocycles. The van der Waals surface area contributed by atoms with Crippen LogP contribution in [-0.2, 0) is 0 Å². The molecule has 0 radical (unpaired) electrons. The highest BCUT2D eigenvalue weighted by Crippen LogP contribution is 2.49. The van der Waals surface area contributed by atoms with Crippen molar-refractivity contribution in [3.8, 4) is 5.75 Å². The molecule has 4 atom stereocenters. The minimum absolute atomic E-state index is 0.0509. The van der Waals surface area contributed by atoms with Crippen molar-refractivity contribution in [1.29, 1.82) is 0 Å². The van der Waals surface area contributed by atoms with Gasteiger partial charge in [-0.3, -0.25) is 0 Å². The predicted molar refractivity (Wildman–Crippen MR) is 80.0 cm³/mol. The molecule has 2 fully saturated rings. The Labute approximate surface area is 125 Å². The average Bonchev–Trinajstić information content (AvgIpc) is 2.90. The molecule has 4 heteroatoms. The van der Waals surface area contributed by atoms with Crippen LogP contribution in [0.15, 0.2) is 18.2 Å². The maximum absolute atomic E-state index is 13.6. The fourth-order valence-electron chi connectivity index (χ4n) is 4.45. The topological polar surface area (TPSA) is 24.5 Å². The Morgan fingerprint density at radius 2 is 2.33 bits per heavy atom. The van der Waals surface area contributed by atoms with E-state index in [-0.39, 0.29) is 17.5 Å². The molecule has 0 saturated carbocycles. The molecule has 1 aromatic carbocycles. The Kier molecular flexibility index (Phi) is 3.19. The van der Waals surface area contributed by atoms with Crippen LogP contribution < -0.4 is 10.1 Å². The van der Waals surface area contributed by atoms with Crippen molar-refractivity contribution in [1.82, 2.24) is 10.2 Å². The largest absolute Gasteiger partial charge is 0.486 e. The van der Waals surface area contributed by atoms with Crippen molar-refractivity contribution in [2.45, 2.75) is 37.8 Å². The van der Waals surface area contributed by atoms with Gasteiger partial charge in [0.05, 0.1) is 0 Å². The third-order valence-electron chi connectivity index (χ3n) is 5.53. The first kappa shape index (κ1) is 13.5. The van der Waals surface area contributed by atoms with Crippen LogP contribution in [0.4, 0.5) is 4.39 Å². The molecule has 1 spiro atoms.